The molecule has 1 saturated carbocycles. The lowest BCUT2D eigenvalue weighted by atomic mass is 10.0. The lowest BCUT2D eigenvalue weighted by Crippen LogP contribution is -2.44. The van der Waals surface area contributed by atoms with Gasteiger partial charge in [-0.15, -0.1) is 0 Å². The Kier molecular flexibility index (Phi) is 4.59. The lowest BCUT2D eigenvalue weighted by Gasteiger charge is -2.34. The summed E-state index contributed by atoms with van der Waals surface area (Å²) in [6.07, 6.45) is 6.74. The molecule has 146 valence electrons. The Morgan fingerprint density at radius 2 is 1.96 bits per heavy atom. The van der Waals surface area contributed by atoms with Crippen molar-refractivity contribution in [1.82, 2.24) is 4.90 Å². The molecule has 1 fully saturated rings. The minimum Gasteiger partial charge on any atom is -0.497 e. The molecular weight excluding hydrogens is 348 g/mol. The molecule has 28 heavy (non-hydrogen) atoms. The van der Waals surface area contributed by atoms with Gasteiger partial charge in [0, 0.05) is 24.3 Å². The number of hydrogen-bond acceptors (Lipinski definition) is 3. The largest absolute Gasteiger partial charge is 0.497 e. The highest BCUT2D eigenvalue weighted by atomic mass is 16.5. The van der Waals surface area contributed by atoms with Gasteiger partial charge in [0.2, 0.25) is 5.91 Å². The molecular formula is C24H28N2O2. The van der Waals surface area contributed by atoms with Crippen LogP contribution in [0.15, 0.2) is 42.5 Å². The number of carbonyl (C=O) groups excluding carboxylic acids is 1. The van der Waals surface area contributed by atoms with Gasteiger partial charge in [-0.2, -0.15) is 0 Å². The molecule has 0 N–H and O–H groups in total. The van der Waals surface area contributed by atoms with E-state index in [1.54, 1.807) is 7.11 Å². The summed E-state index contributed by atoms with van der Waals surface area (Å²) in [5.41, 5.74) is 5.19. The third-order valence-corrected chi connectivity index (χ3v) is 6.54. The van der Waals surface area contributed by atoms with Gasteiger partial charge in [-0.05, 0) is 73.4 Å². The zero-order valence-electron chi connectivity index (χ0n) is 16.6. The molecule has 2 aliphatic carbocycles. The molecule has 2 aromatic rings. The zero-order chi connectivity index (χ0) is 19.1. The number of carbonyl (C=O) groups is 1. The van der Waals surface area contributed by atoms with E-state index in [9.17, 15) is 4.79 Å². The Bertz CT molecular complexity index is 890. The molecule has 0 bridgehead atoms. The Morgan fingerprint density at radius 3 is 2.79 bits per heavy atom. The molecule has 1 heterocycles. The second-order valence-electron chi connectivity index (χ2n) is 8.30. The minimum atomic E-state index is 0.238. The van der Waals surface area contributed by atoms with Crippen molar-refractivity contribution < 1.29 is 9.53 Å². The van der Waals surface area contributed by atoms with Crippen LogP contribution >= 0.6 is 0 Å². The van der Waals surface area contributed by atoms with E-state index < -0.39 is 0 Å². The van der Waals surface area contributed by atoms with Gasteiger partial charge in [0.1, 0.15) is 5.75 Å². The predicted octanol–water partition coefficient (Wildman–Crippen LogP) is 4.13. The maximum Gasteiger partial charge on any atom is 0.241 e. The molecule has 5 rings (SSSR count). The summed E-state index contributed by atoms with van der Waals surface area (Å²) < 4.78 is 5.37. The van der Waals surface area contributed by atoms with Crippen molar-refractivity contribution in [1.29, 1.82) is 0 Å². The molecule has 2 aromatic carbocycles. The van der Waals surface area contributed by atoms with Crippen LogP contribution in [0.5, 0.6) is 5.75 Å². The van der Waals surface area contributed by atoms with Crippen LogP contribution in [0.4, 0.5) is 5.69 Å². The number of rotatable bonds is 5. The van der Waals surface area contributed by atoms with Crippen molar-refractivity contribution in [3.8, 4) is 5.75 Å². The van der Waals surface area contributed by atoms with E-state index in [2.05, 4.69) is 41.3 Å². The number of aryl methyl sites for hydroxylation is 2. The minimum absolute atomic E-state index is 0.238. The highest BCUT2D eigenvalue weighted by Crippen LogP contribution is 2.42. The number of methoxy groups -OCH3 is 1. The van der Waals surface area contributed by atoms with E-state index in [-0.39, 0.29) is 5.91 Å². The summed E-state index contributed by atoms with van der Waals surface area (Å²) in [6.45, 7) is 1.34. The summed E-state index contributed by atoms with van der Waals surface area (Å²) >= 11 is 0. The fraction of sp³-hybridized carbons (Fsp3) is 0.458. The van der Waals surface area contributed by atoms with Gasteiger partial charge in [0.05, 0.1) is 13.7 Å². The van der Waals surface area contributed by atoms with E-state index in [0.717, 1.165) is 43.7 Å². The number of nitrogens with zero attached hydrogens (tertiary/aromatic N) is 2. The summed E-state index contributed by atoms with van der Waals surface area (Å²) in [6, 6.07) is 15.8. The average Bonchev–Trinajstić information content (AvgIpc) is 3.50. The van der Waals surface area contributed by atoms with Crippen LogP contribution in [0.25, 0.3) is 0 Å². The topological polar surface area (TPSA) is 32.8 Å². The first-order chi connectivity index (χ1) is 13.7. The number of anilines is 1. The van der Waals surface area contributed by atoms with Gasteiger partial charge in [-0.1, -0.05) is 24.3 Å². The van der Waals surface area contributed by atoms with E-state index in [1.807, 2.05) is 11.0 Å². The zero-order valence-corrected chi connectivity index (χ0v) is 16.6. The van der Waals surface area contributed by atoms with Crippen LogP contribution in [0.3, 0.4) is 0 Å². The first kappa shape index (κ1) is 17.7. The third-order valence-electron chi connectivity index (χ3n) is 6.54. The lowest BCUT2D eigenvalue weighted by molar-refractivity contribution is -0.120. The van der Waals surface area contributed by atoms with Crippen LogP contribution in [-0.4, -0.2) is 37.0 Å². The van der Waals surface area contributed by atoms with Crippen molar-refractivity contribution in [2.45, 2.75) is 50.6 Å². The van der Waals surface area contributed by atoms with Crippen molar-refractivity contribution in [2.24, 2.45) is 0 Å². The molecule has 4 nitrogen and oxygen atoms in total. The van der Waals surface area contributed by atoms with Crippen LogP contribution < -0.4 is 9.64 Å². The van der Waals surface area contributed by atoms with Crippen LogP contribution in [0.1, 0.15) is 48.4 Å². The van der Waals surface area contributed by atoms with Crippen LogP contribution in [0, 0.1) is 0 Å². The molecule has 0 saturated heterocycles. The molecule has 4 heteroatoms. The smallest absolute Gasteiger partial charge is 0.241 e. The quantitative estimate of drug-likeness (QED) is 0.787. The molecule has 0 radical (unpaired) electrons. The third kappa shape index (κ3) is 3.20. The highest BCUT2D eigenvalue weighted by Gasteiger charge is 2.39. The van der Waals surface area contributed by atoms with Gasteiger partial charge >= 0.3 is 0 Å². The summed E-state index contributed by atoms with van der Waals surface area (Å²) in [5.74, 6) is 1.11. The molecule has 1 atom stereocenters. The van der Waals surface area contributed by atoms with Gasteiger partial charge in [0.25, 0.3) is 0 Å². The van der Waals surface area contributed by atoms with Crippen LogP contribution in [0.2, 0.25) is 0 Å². The summed E-state index contributed by atoms with van der Waals surface area (Å²) in [5, 5.41) is 0. The summed E-state index contributed by atoms with van der Waals surface area (Å²) in [7, 11) is 1.69. The number of ether oxygens (including phenoxy) is 1. The molecule has 1 unspecified atom stereocenters. The number of hydrogen-bond donors (Lipinski definition) is 0. The van der Waals surface area contributed by atoms with Gasteiger partial charge < -0.3 is 9.64 Å². The standard InChI is InChI=1S/C24H28N2O2/c1-28-20-11-13-22-18(15-20)6-4-14-25(22)24(27)16-26(19-9-10-19)23-12-8-17-5-2-3-7-21(17)23/h2-3,5,7,11,13,15,19,23H,4,6,8-10,12,14,16H2,1H3. The van der Waals surface area contributed by atoms with Crippen molar-refractivity contribution >= 4 is 11.6 Å². The van der Waals surface area contributed by atoms with Crippen LogP contribution in [-0.2, 0) is 17.6 Å². The fourth-order valence-electron chi connectivity index (χ4n) is 4.98. The van der Waals surface area contributed by atoms with Gasteiger partial charge in [0.15, 0.2) is 0 Å². The monoisotopic (exact) mass is 376 g/mol. The number of amides is 1. The number of benzene rings is 2. The average molecular weight is 377 g/mol. The molecule has 3 aliphatic rings. The van der Waals surface area contributed by atoms with Crippen molar-refractivity contribution in [2.75, 3.05) is 25.1 Å². The Labute approximate surface area is 167 Å². The first-order valence-corrected chi connectivity index (χ1v) is 10.6. The van der Waals surface area contributed by atoms with Crippen molar-refractivity contribution in [3.63, 3.8) is 0 Å². The Balaban J connectivity index is 1.38. The normalized spacial score (nSPS) is 20.8. The summed E-state index contributed by atoms with van der Waals surface area (Å²) in [4.78, 5) is 17.9. The van der Waals surface area contributed by atoms with Gasteiger partial charge in [-0.3, -0.25) is 9.69 Å². The maximum absolute atomic E-state index is 13.4. The predicted molar refractivity (Wildman–Crippen MR) is 111 cm³/mol. The highest BCUT2D eigenvalue weighted by molar-refractivity contribution is 5.96. The Hall–Kier alpha value is -2.33. The molecule has 1 aliphatic heterocycles. The fourth-order valence-corrected chi connectivity index (χ4v) is 4.98. The Morgan fingerprint density at radius 1 is 1.11 bits per heavy atom. The maximum atomic E-state index is 13.4. The van der Waals surface area contributed by atoms with Crippen molar-refractivity contribution in [3.05, 3.63) is 59.2 Å². The molecule has 0 spiro atoms. The van der Waals surface area contributed by atoms with E-state index >= 15 is 0 Å². The van der Waals surface area contributed by atoms with E-state index in [0.29, 0.717) is 18.6 Å². The number of fused-ring (bicyclic) bond motifs is 2. The van der Waals surface area contributed by atoms with E-state index in [1.165, 1.54) is 29.5 Å². The molecule has 0 aromatic heterocycles. The molecule has 1 amide bonds. The van der Waals surface area contributed by atoms with Gasteiger partial charge in [-0.25, -0.2) is 0 Å². The second-order valence-corrected chi connectivity index (χ2v) is 8.30. The first-order valence-electron chi connectivity index (χ1n) is 10.6. The van der Waals surface area contributed by atoms with E-state index in [4.69, 9.17) is 4.74 Å². The second kappa shape index (κ2) is 7.25. The SMILES string of the molecule is COc1ccc2c(c1)CCCN2C(=O)CN(C1CC1)C1CCc2ccccc21.